The third kappa shape index (κ3) is 5.51. The first-order valence-corrected chi connectivity index (χ1v) is 8.91. The highest BCUT2D eigenvalue weighted by atomic mass is 16.5. The summed E-state index contributed by atoms with van der Waals surface area (Å²) in [6.07, 6.45) is 6.80. The first-order chi connectivity index (χ1) is 10.2. The lowest BCUT2D eigenvalue weighted by molar-refractivity contribution is -0.0582. The fourth-order valence-electron chi connectivity index (χ4n) is 3.40. The van der Waals surface area contributed by atoms with Gasteiger partial charge in [0.1, 0.15) is 0 Å². The number of nitrogens with zero attached hydrogens (tertiary/aromatic N) is 1. The lowest BCUT2D eigenvalue weighted by atomic mass is 9.99. The van der Waals surface area contributed by atoms with Crippen molar-refractivity contribution in [2.24, 2.45) is 0 Å². The molecule has 0 radical (unpaired) electrons. The fourth-order valence-corrected chi connectivity index (χ4v) is 3.40. The van der Waals surface area contributed by atoms with Crippen molar-refractivity contribution in [3.05, 3.63) is 0 Å². The van der Waals surface area contributed by atoms with Crippen LogP contribution in [0, 0.1) is 0 Å². The van der Waals surface area contributed by atoms with E-state index in [1.54, 1.807) is 0 Å². The molecule has 124 valence electrons. The Hall–Kier alpha value is -0.160. The highest BCUT2D eigenvalue weighted by molar-refractivity contribution is 4.85. The van der Waals surface area contributed by atoms with Gasteiger partial charge in [-0.25, -0.2) is 0 Å². The lowest BCUT2D eigenvalue weighted by Gasteiger charge is -2.39. The van der Waals surface area contributed by atoms with Crippen LogP contribution in [0.3, 0.4) is 0 Å². The van der Waals surface area contributed by atoms with E-state index in [0.29, 0.717) is 24.3 Å². The summed E-state index contributed by atoms with van der Waals surface area (Å²) in [5, 5.41) is 3.72. The van der Waals surface area contributed by atoms with Gasteiger partial charge in [-0.2, -0.15) is 0 Å². The Morgan fingerprint density at radius 3 is 2.76 bits per heavy atom. The van der Waals surface area contributed by atoms with Crippen molar-refractivity contribution in [2.45, 2.75) is 77.2 Å². The molecule has 21 heavy (non-hydrogen) atoms. The van der Waals surface area contributed by atoms with Gasteiger partial charge in [0, 0.05) is 31.8 Å². The highest BCUT2D eigenvalue weighted by Gasteiger charge is 2.29. The maximum Gasteiger partial charge on any atom is 0.0855 e. The van der Waals surface area contributed by atoms with Gasteiger partial charge in [0.25, 0.3) is 0 Å². The highest BCUT2D eigenvalue weighted by Crippen LogP contribution is 2.21. The molecule has 4 nitrogen and oxygen atoms in total. The monoisotopic (exact) mass is 298 g/mol. The van der Waals surface area contributed by atoms with Crippen LogP contribution in [0.1, 0.15) is 52.9 Å². The van der Waals surface area contributed by atoms with Crippen molar-refractivity contribution in [3.63, 3.8) is 0 Å². The minimum absolute atomic E-state index is 0.328. The van der Waals surface area contributed by atoms with Crippen LogP contribution in [0.25, 0.3) is 0 Å². The molecule has 0 aromatic rings. The Balaban J connectivity index is 1.84. The largest absolute Gasteiger partial charge is 0.378 e. The van der Waals surface area contributed by atoms with Crippen LogP contribution in [0.4, 0.5) is 0 Å². The van der Waals surface area contributed by atoms with Crippen LogP contribution in [0.5, 0.6) is 0 Å². The molecule has 2 aliphatic rings. The van der Waals surface area contributed by atoms with E-state index < -0.39 is 0 Å². The van der Waals surface area contributed by atoms with E-state index in [2.05, 4.69) is 31.0 Å². The molecule has 2 fully saturated rings. The first-order valence-electron chi connectivity index (χ1n) is 8.91. The topological polar surface area (TPSA) is 33.7 Å². The molecule has 0 aromatic heterocycles. The summed E-state index contributed by atoms with van der Waals surface area (Å²) in [7, 11) is 0. The van der Waals surface area contributed by atoms with Gasteiger partial charge in [0.15, 0.2) is 0 Å². The van der Waals surface area contributed by atoms with Crippen LogP contribution in [0.15, 0.2) is 0 Å². The van der Waals surface area contributed by atoms with Gasteiger partial charge in [-0.15, -0.1) is 0 Å². The number of nitrogens with one attached hydrogen (secondary N) is 1. The molecule has 0 spiro atoms. The zero-order valence-electron chi connectivity index (χ0n) is 14.1. The summed E-state index contributed by atoms with van der Waals surface area (Å²) in [4.78, 5) is 2.54. The van der Waals surface area contributed by atoms with Gasteiger partial charge < -0.3 is 14.8 Å². The molecule has 2 rings (SSSR count). The van der Waals surface area contributed by atoms with Crippen LogP contribution >= 0.6 is 0 Å². The van der Waals surface area contributed by atoms with Gasteiger partial charge >= 0.3 is 0 Å². The van der Waals surface area contributed by atoms with E-state index in [0.717, 1.165) is 32.8 Å². The summed E-state index contributed by atoms with van der Waals surface area (Å²) >= 11 is 0. The van der Waals surface area contributed by atoms with E-state index in [1.165, 1.54) is 32.1 Å². The molecule has 3 unspecified atom stereocenters. The molecule has 1 N–H and O–H groups in total. The number of hydrogen-bond donors (Lipinski definition) is 1. The standard InChI is InChI=1S/C17H34N2O2/c1-4-9-18-16(8-7-15-6-5-11-20-15)17-13-19(14(2)3)10-12-21-17/h14-18H,4-13H2,1-3H3. The summed E-state index contributed by atoms with van der Waals surface area (Å²) in [6.45, 7) is 11.8. The van der Waals surface area contributed by atoms with Gasteiger partial charge in [-0.3, -0.25) is 4.90 Å². The fraction of sp³-hybridized carbons (Fsp3) is 1.00. The molecule has 2 heterocycles. The van der Waals surface area contributed by atoms with Crippen molar-refractivity contribution in [3.8, 4) is 0 Å². The maximum absolute atomic E-state index is 6.09. The molecular formula is C17H34N2O2. The van der Waals surface area contributed by atoms with Gasteiger partial charge in [0.2, 0.25) is 0 Å². The Labute approximate surface area is 130 Å². The Bertz CT molecular complexity index is 280. The Morgan fingerprint density at radius 1 is 1.24 bits per heavy atom. The molecule has 2 saturated heterocycles. The van der Waals surface area contributed by atoms with Crippen LogP contribution < -0.4 is 5.32 Å². The van der Waals surface area contributed by atoms with Crippen molar-refractivity contribution >= 4 is 0 Å². The minimum atomic E-state index is 0.328. The van der Waals surface area contributed by atoms with Gasteiger partial charge in [-0.1, -0.05) is 6.92 Å². The minimum Gasteiger partial charge on any atom is -0.378 e. The van der Waals surface area contributed by atoms with Crippen molar-refractivity contribution < 1.29 is 9.47 Å². The third-order valence-corrected chi connectivity index (χ3v) is 4.78. The normalized spacial score (nSPS) is 29.1. The van der Waals surface area contributed by atoms with E-state index in [9.17, 15) is 0 Å². The summed E-state index contributed by atoms with van der Waals surface area (Å²) in [6, 6.07) is 1.08. The van der Waals surface area contributed by atoms with E-state index in [4.69, 9.17) is 9.47 Å². The van der Waals surface area contributed by atoms with E-state index >= 15 is 0 Å². The molecular weight excluding hydrogens is 264 g/mol. The van der Waals surface area contributed by atoms with Crippen molar-refractivity contribution in [1.29, 1.82) is 0 Å². The second-order valence-electron chi connectivity index (χ2n) is 6.77. The summed E-state index contributed by atoms with van der Waals surface area (Å²) in [5.41, 5.74) is 0. The van der Waals surface area contributed by atoms with Crippen LogP contribution in [-0.4, -0.2) is 62.0 Å². The average Bonchev–Trinajstić information content (AvgIpc) is 3.01. The predicted octanol–water partition coefficient (Wildman–Crippen LogP) is 2.42. The number of morpholine rings is 1. The summed E-state index contributed by atoms with van der Waals surface area (Å²) in [5.74, 6) is 0. The molecule has 2 aliphatic heterocycles. The van der Waals surface area contributed by atoms with Crippen molar-refractivity contribution in [1.82, 2.24) is 10.2 Å². The first kappa shape index (κ1) is 17.2. The number of ether oxygens (including phenoxy) is 2. The van der Waals surface area contributed by atoms with Gasteiger partial charge in [-0.05, 0) is 52.5 Å². The average molecular weight is 298 g/mol. The molecule has 0 bridgehead atoms. The van der Waals surface area contributed by atoms with E-state index in [-0.39, 0.29) is 0 Å². The molecule has 0 saturated carbocycles. The molecule has 0 aromatic carbocycles. The molecule has 0 amide bonds. The second kappa shape index (κ2) is 9.09. The molecule has 4 heteroatoms. The van der Waals surface area contributed by atoms with E-state index in [1.807, 2.05) is 0 Å². The Morgan fingerprint density at radius 2 is 2.10 bits per heavy atom. The quantitative estimate of drug-likeness (QED) is 0.746. The lowest BCUT2D eigenvalue weighted by Crippen LogP contribution is -2.54. The maximum atomic E-state index is 6.09. The molecule has 3 atom stereocenters. The van der Waals surface area contributed by atoms with Crippen LogP contribution in [0.2, 0.25) is 0 Å². The second-order valence-corrected chi connectivity index (χ2v) is 6.77. The zero-order valence-corrected chi connectivity index (χ0v) is 14.1. The van der Waals surface area contributed by atoms with Crippen LogP contribution in [-0.2, 0) is 9.47 Å². The SMILES string of the molecule is CCCNC(CCC1CCCO1)C1CN(C(C)C)CCO1. The number of rotatable bonds is 8. The Kier molecular flexibility index (Phi) is 7.44. The molecule has 0 aliphatic carbocycles. The summed E-state index contributed by atoms with van der Waals surface area (Å²) < 4.78 is 11.9. The number of hydrogen-bond acceptors (Lipinski definition) is 4. The smallest absolute Gasteiger partial charge is 0.0855 e. The predicted molar refractivity (Wildman–Crippen MR) is 86.7 cm³/mol. The van der Waals surface area contributed by atoms with Crippen molar-refractivity contribution in [2.75, 3.05) is 32.8 Å². The third-order valence-electron chi connectivity index (χ3n) is 4.78. The zero-order chi connectivity index (χ0) is 15.1. The van der Waals surface area contributed by atoms with Gasteiger partial charge in [0.05, 0.1) is 18.8 Å².